The minimum Gasteiger partial charge on any atom is -0.463 e. The van der Waals surface area contributed by atoms with Crippen LogP contribution >= 0.6 is 22.9 Å². The lowest BCUT2D eigenvalue weighted by Gasteiger charge is -2.44. The number of hydrogen-bond acceptors (Lipinski definition) is 12. The van der Waals surface area contributed by atoms with E-state index in [0.717, 1.165) is 21.0 Å². The highest BCUT2D eigenvalue weighted by Crippen LogP contribution is 2.39. The van der Waals surface area contributed by atoms with E-state index in [2.05, 4.69) is 9.97 Å². The Kier molecular flexibility index (Phi) is 10.3. The molecule has 1 aliphatic rings. The number of carbonyl (C=O) groups excluding carboxylic acids is 4. The normalized spacial score (nSPS) is 21.7. The first kappa shape index (κ1) is 31.1. The van der Waals surface area contributed by atoms with Crippen LogP contribution < -0.4 is 0 Å². The maximum absolute atomic E-state index is 12.2. The summed E-state index contributed by atoms with van der Waals surface area (Å²) in [6.45, 7) is 4.46. The van der Waals surface area contributed by atoms with Crippen LogP contribution in [0.4, 0.5) is 0 Å². The smallest absolute Gasteiger partial charge is 0.303 e. The second kappa shape index (κ2) is 13.9. The molecule has 11 nitrogen and oxygen atoms in total. The van der Waals surface area contributed by atoms with Gasteiger partial charge >= 0.3 is 23.9 Å². The van der Waals surface area contributed by atoms with Crippen LogP contribution in [0.25, 0.3) is 10.6 Å². The van der Waals surface area contributed by atoms with E-state index in [0.29, 0.717) is 17.0 Å². The molecular weight excluding hydrogens is 588 g/mol. The lowest BCUT2D eigenvalue weighted by Crippen LogP contribution is -2.59. The van der Waals surface area contributed by atoms with E-state index in [1.807, 2.05) is 18.2 Å². The van der Waals surface area contributed by atoms with Crippen molar-refractivity contribution in [3.8, 4) is 10.6 Å². The van der Waals surface area contributed by atoms with Crippen molar-refractivity contribution in [1.82, 2.24) is 9.97 Å². The first-order valence-electron chi connectivity index (χ1n) is 13.0. The van der Waals surface area contributed by atoms with Gasteiger partial charge in [0.05, 0.1) is 16.8 Å². The minimum atomic E-state index is -1.26. The summed E-state index contributed by atoms with van der Waals surface area (Å²) in [4.78, 5) is 58.4. The van der Waals surface area contributed by atoms with E-state index in [1.54, 1.807) is 42.1 Å². The van der Waals surface area contributed by atoms with Crippen LogP contribution in [0.2, 0.25) is 5.02 Å². The zero-order valence-electron chi connectivity index (χ0n) is 23.3. The van der Waals surface area contributed by atoms with Crippen molar-refractivity contribution in [1.29, 1.82) is 0 Å². The summed E-state index contributed by atoms with van der Waals surface area (Å²) in [5.74, 6) is -2.66. The second-order valence-corrected chi connectivity index (χ2v) is 11.1. The number of carbonyl (C=O) groups is 4. The van der Waals surface area contributed by atoms with Gasteiger partial charge in [-0.25, -0.2) is 0 Å². The van der Waals surface area contributed by atoms with Gasteiger partial charge in [-0.1, -0.05) is 23.7 Å². The monoisotopic (exact) mass is 616 g/mol. The van der Waals surface area contributed by atoms with Crippen LogP contribution in [0.5, 0.6) is 0 Å². The third-order valence-corrected chi connectivity index (χ3v) is 7.71. The molecular formula is C29H29ClN2O9S. The molecule has 222 valence electrons. The molecule has 1 aliphatic heterocycles. The van der Waals surface area contributed by atoms with Gasteiger partial charge in [0.2, 0.25) is 0 Å². The molecule has 1 aromatic carbocycles. The van der Waals surface area contributed by atoms with Gasteiger partial charge in [-0.2, -0.15) is 0 Å². The summed E-state index contributed by atoms with van der Waals surface area (Å²) in [5.41, 5.74) is 2.07. The maximum Gasteiger partial charge on any atom is 0.303 e. The molecule has 0 radical (unpaired) electrons. The van der Waals surface area contributed by atoms with Gasteiger partial charge in [0.25, 0.3) is 0 Å². The fraction of sp³-hybridized carbons (Fsp3) is 0.379. The zero-order valence-corrected chi connectivity index (χ0v) is 24.8. The molecule has 0 aliphatic carbocycles. The fourth-order valence-corrected chi connectivity index (χ4v) is 5.81. The van der Waals surface area contributed by atoms with Crippen LogP contribution in [0.1, 0.15) is 49.8 Å². The van der Waals surface area contributed by atoms with Crippen molar-refractivity contribution < 1.29 is 42.9 Å². The summed E-state index contributed by atoms with van der Waals surface area (Å²) < 4.78 is 28.1. The van der Waals surface area contributed by atoms with E-state index in [9.17, 15) is 19.2 Å². The largest absolute Gasteiger partial charge is 0.463 e. The molecule has 3 heterocycles. The number of esters is 4. The van der Waals surface area contributed by atoms with Crippen molar-refractivity contribution >= 4 is 46.8 Å². The average Bonchev–Trinajstić information content (AvgIpc) is 3.39. The Bertz CT molecular complexity index is 1450. The van der Waals surface area contributed by atoms with Gasteiger partial charge in [-0.3, -0.25) is 29.1 Å². The Hall–Kier alpha value is -3.87. The summed E-state index contributed by atoms with van der Waals surface area (Å²) in [5, 5.41) is 0.499. The van der Waals surface area contributed by atoms with Crippen LogP contribution in [-0.4, -0.2) is 64.9 Å². The predicted octanol–water partition coefficient (Wildman–Crippen LogP) is 4.25. The maximum atomic E-state index is 12.2. The molecule has 1 fully saturated rings. The Balaban J connectivity index is 1.71. The molecule has 3 aromatic rings. The van der Waals surface area contributed by atoms with E-state index >= 15 is 0 Å². The summed E-state index contributed by atoms with van der Waals surface area (Å²) in [7, 11) is 0. The number of nitrogens with zero attached hydrogens (tertiary/aromatic N) is 2. The lowest BCUT2D eigenvalue weighted by atomic mass is 9.89. The number of hydrogen-bond donors (Lipinski definition) is 0. The lowest BCUT2D eigenvalue weighted by molar-refractivity contribution is -0.254. The second-order valence-electron chi connectivity index (χ2n) is 9.50. The van der Waals surface area contributed by atoms with Gasteiger partial charge in [-0.15, -0.1) is 11.3 Å². The summed E-state index contributed by atoms with van der Waals surface area (Å²) >= 11 is 8.14. The van der Waals surface area contributed by atoms with Gasteiger partial charge in [0, 0.05) is 56.4 Å². The molecule has 5 atom stereocenters. The Morgan fingerprint density at radius 1 is 0.881 bits per heavy atom. The van der Waals surface area contributed by atoms with E-state index in [-0.39, 0.29) is 6.61 Å². The van der Waals surface area contributed by atoms with Gasteiger partial charge in [-0.05, 0) is 29.3 Å². The highest BCUT2D eigenvalue weighted by Gasteiger charge is 2.52. The zero-order chi connectivity index (χ0) is 30.4. The van der Waals surface area contributed by atoms with Gasteiger partial charge < -0.3 is 23.7 Å². The number of thiophene rings is 1. The number of ether oxygens (including phenoxy) is 5. The fourth-order valence-electron chi connectivity index (χ4n) is 4.63. The van der Waals surface area contributed by atoms with Crippen LogP contribution in [0.15, 0.2) is 48.9 Å². The molecule has 0 unspecified atom stereocenters. The highest BCUT2D eigenvalue weighted by atomic mass is 35.5. The third kappa shape index (κ3) is 7.90. The molecule has 4 rings (SSSR count). The number of rotatable bonds is 9. The van der Waals surface area contributed by atoms with E-state index in [1.165, 1.54) is 27.7 Å². The van der Waals surface area contributed by atoms with Crippen molar-refractivity contribution in [2.24, 2.45) is 0 Å². The van der Waals surface area contributed by atoms with Crippen molar-refractivity contribution in [3.05, 3.63) is 69.9 Å². The molecule has 42 heavy (non-hydrogen) atoms. The Morgan fingerprint density at radius 3 is 2.21 bits per heavy atom. The average molecular weight is 617 g/mol. The van der Waals surface area contributed by atoms with Gasteiger partial charge in [0.1, 0.15) is 18.8 Å². The van der Waals surface area contributed by atoms with E-state index in [4.69, 9.17) is 35.3 Å². The molecule has 0 saturated carbocycles. The molecule has 0 amide bonds. The topological polar surface area (TPSA) is 140 Å². The summed E-state index contributed by atoms with van der Waals surface area (Å²) in [6.07, 6.45) is -0.353. The van der Waals surface area contributed by atoms with Crippen LogP contribution in [0.3, 0.4) is 0 Å². The number of halogens is 1. The molecule has 0 N–H and O–H groups in total. The molecule has 1 saturated heterocycles. The van der Waals surface area contributed by atoms with E-state index < -0.39 is 54.4 Å². The first-order chi connectivity index (χ1) is 20.0. The molecule has 0 spiro atoms. The standard InChI is InChI=1S/C29H29ClN2O9S/c1-15(33)37-14-24-27(38-16(2)34)29(40-18(4)36)28(39-17(3)35)26(41-24)19-5-7-22(30)20(11-19)12-21-6-8-25(42-21)23-13-31-9-10-32-23/h5-11,13,24,26-29H,12,14H2,1-4H3/t24-,26+,27-,28-,29+/m1/s1. The SMILES string of the molecule is CC(=O)OC[C@H]1O[C@@H](c2ccc(Cl)c(Cc3ccc(-c4cnccn4)s3)c2)[C@@H](OC(C)=O)[C@@H](OC(C)=O)[C@@H]1OC(C)=O. The van der Waals surface area contributed by atoms with Crippen LogP contribution in [-0.2, 0) is 49.3 Å². The molecule has 13 heteroatoms. The molecule has 2 aromatic heterocycles. The van der Waals surface area contributed by atoms with Crippen molar-refractivity contribution in [2.75, 3.05) is 6.61 Å². The van der Waals surface area contributed by atoms with Gasteiger partial charge in [0.15, 0.2) is 18.3 Å². The predicted molar refractivity (Wildman–Crippen MR) is 151 cm³/mol. The summed E-state index contributed by atoms with van der Waals surface area (Å²) in [6, 6.07) is 9.14. The van der Waals surface area contributed by atoms with Crippen molar-refractivity contribution in [2.45, 2.75) is 64.6 Å². The Labute approximate surface area is 251 Å². The third-order valence-electron chi connectivity index (χ3n) is 6.23. The quantitative estimate of drug-likeness (QED) is 0.252. The molecule has 0 bridgehead atoms. The highest BCUT2D eigenvalue weighted by molar-refractivity contribution is 7.15. The number of aromatic nitrogens is 2. The first-order valence-corrected chi connectivity index (χ1v) is 14.1. The Morgan fingerprint density at radius 2 is 1.57 bits per heavy atom. The van der Waals surface area contributed by atoms with Crippen LogP contribution in [0, 0.1) is 0 Å². The minimum absolute atomic E-state index is 0.310. The van der Waals surface area contributed by atoms with Crippen molar-refractivity contribution in [3.63, 3.8) is 0 Å². The number of benzene rings is 1.